The Morgan fingerprint density at radius 1 is 1.08 bits per heavy atom. The van der Waals surface area contributed by atoms with Crippen LogP contribution in [0.2, 0.25) is 0 Å². The molecule has 134 valence electrons. The number of fused-ring (bicyclic) bond motifs is 1. The average Bonchev–Trinajstić information content (AvgIpc) is 3.42. The van der Waals surface area contributed by atoms with E-state index in [-0.39, 0.29) is 6.04 Å². The van der Waals surface area contributed by atoms with Gasteiger partial charge in [-0.3, -0.25) is 9.67 Å². The average molecular weight is 349 g/mol. The van der Waals surface area contributed by atoms with Gasteiger partial charge >= 0.3 is 0 Å². The Morgan fingerprint density at radius 3 is 2.85 bits per heavy atom. The molecular formula is C19H23N7. The largest absolute Gasteiger partial charge is 0.360 e. The molecule has 3 aromatic rings. The van der Waals surface area contributed by atoms with E-state index in [9.17, 15) is 0 Å². The number of anilines is 1. The summed E-state index contributed by atoms with van der Waals surface area (Å²) < 4.78 is 3.95. The van der Waals surface area contributed by atoms with Gasteiger partial charge in [-0.1, -0.05) is 12.8 Å². The normalized spacial score (nSPS) is 20.2. The van der Waals surface area contributed by atoms with Crippen LogP contribution in [0.3, 0.4) is 0 Å². The molecule has 7 nitrogen and oxygen atoms in total. The van der Waals surface area contributed by atoms with Crippen molar-refractivity contribution in [2.75, 3.05) is 5.32 Å². The van der Waals surface area contributed by atoms with Crippen LogP contribution in [0.5, 0.6) is 0 Å². The monoisotopic (exact) mass is 349 g/mol. The predicted octanol–water partition coefficient (Wildman–Crippen LogP) is 3.46. The van der Waals surface area contributed by atoms with Gasteiger partial charge in [-0.25, -0.2) is 9.67 Å². The van der Waals surface area contributed by atoms with Crippen molar-refractivity contribution in [1.29, 1.82) is 0 Å². The molecule has 26 heavy (non-hydrogen) atoms. The van der Waals surface area contributed by atoms with Crippen LogP contribution in [0.1, 0.15) is 61.9 Å². The van der Waals surface area contributed by atoms with Gasteiger partial charge in [-0.2, -0.15) is 10.2 Å². The summed E-state index contributed by atoms with van der Waals surface area (Å²) in [5, 5.41) is 12.8. The minimum Gasteiger partial charge on any atom is -0.360 e. The van der Waals surface area contributed by atoms with E-state index in [0.717, 1.165) is 18.7 Å². The second-order valence-corrected chi connectivity index (χ2v) is 7.26. The summed E-state index contributed by atoms with van der Waals surface area (Å²) in [5.41, 5.74) is 2.58. The molecular weight excluding hydrogens is 326 g/mol. The molecule has 1 N–H and O–H groups in total. The summed E-state index contributed by atoms with van der Waals surface area (Å²) in [5.74, 6) is 1.48. The molecule has 0 spiro atoms. The molecule has 3 heterocycles. The van der Waals surface area contributed by atoms with Crippen molar-refractivity contribution in [2.45, 2.75) is 57.0 Å². The van der Waals surface area contributed by atoms with Crippen LogP contribution in [-0.2, 0) is 6.42 Å². The lowest BCUT2D eigenvalue weighted by Gasteiger charge is -2.22. The van der Waals surface area contributed by atoms with Crippen LogP contribution in [0.15, 0.2) is 37.1 Å². The molecule has 0 bridgehead atoms. The molecule has 1 saturated carbocycles. The number of aryl methyl sites for hydroxylation is 1. The van der Waals surface area contributed by atoms with E-state index in [4.69, 9.17) is 5.10 Å². The van der Waals surface area contributed by atoms with Gasteiger partial charge in [-0.05, 0) is 43.7 Å². The first-order valence-electron chi connectivity index (χ1n) is 9.53. The van der Waals surface area contributed by atoms with Gasteiger partial charge in [0.2, 0.25) is 0 Å². The van der Waals surface area contributed by atoms with Crippen molar-refractivity contribution in [2.24, 2.45) is 0 Å². The predicted molar refractivity (Wildman–Crippen MR) is 98.2 cm³/mol. The third kappa shape index (κ3) is 2.87. The summed E-state index contributed by atoms with van der Waals surface area (Å²) in [6, 6.07) is 2.66. The lowest BCUT2D eigenvalue weighted by atomic mass is 9.94. The summed E-state index contributed by atoms with van der Waals surface area (Å²) >= 11 is 0. The number of nitrogens with zero attached hydrogens (tertiary/aromatic N) is 6. The van der Waals surface area contributed by atoms with E-state index in [1.165, 1.54) is 43.4 Å². The number of hydrogen-bond donors (Lipinski definition) is 1. The van der Waals surface area contributed by atoms with Crippen LogP contribution in [0.25, 0.3) is 5.82 Å². The third-order valence-corrected chi connectivity index (χ3v) is 5.49. The Labute approximate surface area is 152 Å². The quantitative estimate of drug-likeness (QED) is 0.781. The molecule has 7 heteroatoms. The van der Waals surface area contributed by atoms with Crippen molar-refractivity contribution in [1.82, 2.24) is 29.5 Å². The topological polar surface area (TPSA) is 73.5 Å². The van der Waals surface area contributed by atoms with Gasteiger partial charge in [0.1, 0.15) is 5.82 Å². The van der Waals surface area contributed by atoms with E-state index in [2.05, 4.69) is 31.3 Å². The molecule has 1 atom stereocenters. The maximum Gasteiger partial charge on any atom is 0.173 e. The summed E-state index contributed by atoms with van der Waals surface area (Å²) in [7, 11) is 0. The molecule has 2 aliphatic carbocycles. The van der Waals surface area contributed by atoms with Gasteiger partial charge in [-0.15, -0.1) is 0 Å². The maximum absolute atomic E-state index is 4.97. The van der Waals surface area contributed by atoms with Crippen LogP contribution in [-0.4, -0.2) is 29.5 Å². The van der Waals surface area contributed by atoms with Crippen molar-refractivity contribution in [3.63, 3.8) is 0 Å². The Hall–Kier alpha value is -2.70. The highest BCUT2D eigenvalue weighted by Gasteiger charge is 2.27. The number of rotatable bonds is 4. The smallest absolute Gasteiger partial charge is 0.173 e. The van der Waals surface area contributed by atoms with E-state index in [0.29, 0.717) is 11.9 Å². The second kappa shape index (κ2) is 6.55. The lowest BCUT2D eigenvalue weighted by Crippen LogP contribution is -2.18. The number of hydrogen-bond acceptors (Lipinski definition) is 5. The van der Waals surface area contributed by atoms with Crippen LogP contribution in [0, 0.1) is 0 Å². The summed E-state index contributed by atoms with van der Waals surface area (Å²) in [4.78, 5) is 8.98. The van der Waals surface area contributed by atoms with Crippen molar-refractivity contribution in [3.05, 3.63) is 48.3 Å². The Bertz CT molecular complexity index is 877. The first-order chi connectivity index (χ1) is 12.9. The van der Waals surface area contributed by atoms with Gasteiger partial charge in [0, 0.05) is 18.6 Å². The van der Waals surface area contributed by atoms with E-state index < -0.39 is 0 Å². The highest BCUT2D eigenvalue weighted by atomic mass is 15.3. The summed E-state index contributed by atoms with van der Waals surface area (Å²) in [6.07, 6.45) is 17.9. The van der Waals surface area contributed by atoms with Crippen LogP contribution in [0.4, 0.5) is 5.82 Å². The minimum absolute atomic E-state index is 0.198. The zero-order chi connectivity index (χ0) is 17.3. The zero-order valence-electron chi connectivity index (χ0n) is 14.8. The molecule has 0 aliphatic heterocycles. The fourth-order valence-electron chi connectivity index (χ4n) is 4.18. The molecule has 2 aliphatic rings. The standard InChI is InChI=1S/C19H23N7/c1-2-7-15(6-1)26-13-14-5-3-8-16(19(14)24-26)22-17-11-20-12-18(23-17)25-10-4-9-21-25/h4,9-13,15-16H,1-3,5-8H2,(H,22,23). The van der Waals surface area contributed by atoms with E-state index in [1.807, 2.05) is 12.3 Å². The van der Waals surface area contributed by atoms with Crippen LogP contribution >= 0.6 is 0 Å². The fourth-order valence-corrected chi connectivity index (χ4v) is 4.18. The molecule has 0 saturated heterocycles. The van der Waals surface area contributed by atoms with Gasteiger partial charge in [0.25, 0.3) is 0 Å². The molecule has 0 amide bonds. The lowest BCUT2D eigenvalue weighted by molar-refractivity contribution is 0.459. The number of aromatic nitrogens is 6. The SMILES string of the molecule is c1cnn(-c2cncc(NC3CCCc4cn(C5CCCC5)nc43)n2)c1. The third-order valence-electron chi connectivity index (χ3n) is 5.49. The molecule has 3 aromatic heterocycles. The minimum atomic E-state index is 0.198. The molecule has 0 aromatic carbocycles. The van der Waals surface area contributed by atoms with E-state index >= 15 is 0 Å². The highest BCUT2D eigenvalue weighted by molar-refractivity contribution is 5.40. The Balaban J connectivity index is 1.39. The van der Waals surface area contributed by atoms with Gasteiger partial charge in [0.05, 0.1) is 30.2 Å². The highest BCUT2D eigenvalue weighted by Crippen LogP contribution is 2.35. The fraction of sp³-hybridized carbons (Fsp3) is 0.474. The number of nitrogens with one attached hydrogen (secondary N) is 1. The van der Waals surface area contributed by atoms with Crippen molar-refractivity contribution in [3.8, 4) is 5.82 Å². The molecule has 0 radical (unpaired) electrons. The van der Waals surface area contributed by atoms with Crippen molar-refractivity contribution >= 4 is 5.82 Å². The van der Waals surface area contributed by atoms with Gasteiger partial charge < -0.3 is 5.32 Å². The molecule has 5 rings (SSSR count). The molecule has 1 unspecified atom stereocenters. The van der Waals surface area contributed by atoms with Crippen LogP contribution < -0.4 is 5.32 Å². The first kappa shape index (κ1) is 15.5. The summed E-state index contributed by atoms with van der Waals surface area (Å²) in [6.45, 7) is 0. The molecule has 1 fully saturated rings. The van der Waals surface area contributed by atoms with Gasteiger partial charge in [0.15, 0.2) is 5.82 Å². The first-order valence-corrected chi connectivity index (χ1v) is 9.53. The Morgan fingerprint density at radius 2 is 2.00 bits per heavy atom. The maximum atomic E-state index is 4.97. The second-order valence-electron chi connectivity index (χ2n) is 7.26. The van der Waals surface area contributed by atoms with E-state index in [1.54, 1.807) is 23.3 Å². The zero-order valence-corrected chi connectivity index (χ0v) is 14.8. The van der Waals surface area contributed by atoms with Crippen molar-refractivity contribution < 1.29 is 0 Å². The Kier molecular flexibility index (Phi) is 3.92.